The largest absolute Gasteiger partial charge is 0.505 e. The monoisotopic (exact) mass is 240 g/mol. The second-order valence-corrected chi connectivity index (χ2v) is 3.69. The summed E-state index contributed by atoms with van der Waals surface area (Å²) in [5.74, 6) is -0.550. The smallest absolute Gasteiger partial charge is 0.257 e. The maximum atomic E-state index is 11.9. The number of aliphatic hydroxyl groups is 1. The molecule has 6 nitrogen and oxygen atoms in total. The van der Waals surface area contributed by atoms with Crippen molar-refractivity contribution in [3.63, 3.8) is 0 Å². The van der Waals surface area contributed by atoms with Gasteiger partial charge in [0.2, 0.25) is 0 Å². The van der Waals surface area contributed by atoms with Gasteiger partial charge in [0.25, 0.3) is 5.91 Å². The molecule has 1 amide bonds. The molecule has 1 unspecified atom stereocenters. The Hall–Kier alpha value is -1.66. The molecule has 2 N–H and O–H groups in total. The summed E-state index contributed by atoms with van der Waals surface area (Å²) in [6.45, 7) is 0.286. The molecule has 0 radical (unpaired) electrons. The Morgan fingerprint density at radius 3 is 2.94 bits per heavy atom. The number of hydrogen-bond acceptors (Lipinski definition) is 5. The fourth-order valence-corrected chi connectivity index (χ4v) is 1.42. The first-order valence-corrected chi connectivity index (χ1v) is 5.11. The maximum absolute atomic E-state index is 11.9. The van der Waals surface area contributed by atoms with Crippen LogP contribution in [0.3, 0.4) is 0 Å². The van der Waals surface area contributed by atoms with Crippen LogP contribution in [0.5, 0.6) is 5.75 Å². The first kappa shape index (κ1) is 13.4. The number of carbonyl (C=O) groups excluding carboxylic acids is 1. The Kier molecular flexibility index (Phi) is 4.86. The van der Waals surface area contributed by atoms with Crippen molar-refractivity contribution < 1.29 is 19.7 Å². The number of rotatable bonds is 5. The number of hydrogen-bond donors (Lipinski definition) is 2. The van der Waals surface area contributed by atoms with Crippen molar-refractivity contribution in [2.75, 3.05) is 27.3 Å². The topological polar surface area (TPSA) is 82.9 Å². The van der Waals surface area contributed by atoms with E-state index in [4.69, 9.17) is 4.74 Å². The van der Waals surface area contributed by atoms with Gasteiger partial charge in [-0.25, -0.2) is 0 Å². The van der Waals surface area contributed by atoms with Gasteiger partial charge in [0.05, 0.1) is 24.5 Å². The Balaban J connectivity index is 2.67. The van der Waals surface area contributed by atoms with Gasteiger partial charge in [-0.05, 0) is 6.07 Å². The average Bonchev–Trinajstić information content (AvgIpc) is 2.29. The van der Waals surface area contributed by atoms with Crippen molar-refractivity contribution in [1.82, 2.24) is 9.88 Å². The van der Waals surface area contributed by atoms with E-state index in [1.807, 2.05) is 0 Å². The molecule has 0 fully saturated rings. The third-order valence-corrected chi connectivity index (χ3v) is 2.22. The highest BCUT2D eigenvalue weighted by atomic mass is 16.5. The van der Waals surface area contributed by atoms with E-state index < -0.39 is 6.10 Å². The molecule has 0 aliphatic rings. The van der Waals surface area contributed by atoms with Crippen LogP contribution in [0.1, 0.15) is 10.4 Å². The molecule has 0 aliphatic carbocycles. The average molecular weight is 240 g/mol. The van der Waals surface area contributed by atoms with Crippen molar-refractivity contribution in [2.24, 2.45) is 0 Å². The van der Waals surface area contributed by atoms with Crippen LogP contribution in [-0.4, -0.2) is 59.4 Å². The first-order valence-electron chi connectivity index (χ1n) is 5.11. The minimum absolute atomic E-state index is 0.133. The van der Waals surface area contributed by atoms with Crippen LogP contribution in [0, 0.1) is 0 Å². The highest BCUT2D eigenvalue weighted by Gasteiger charge is 2.18. The highest BCUT2D eigenvalue weighted by Crippen LogP contribution is 2.15. The number of aromatic hydroxyl groups is 1. The van der Waals surface area contributed by atoms with E-state index in [0.29, 0.717) is 0 Å². The lowest BCUT2D eigenvalue weighted by atomic mass is 10.2. The Labute approximate surface area is 99.5 Å². The van der Waals surface area contributed by atoms with E-state index in [1.54, 1.807) is 7.05 Å². The zero-order valence-electron chi connectivity index (χ0n) is 9.83. The highest BCUT2D eigenvalue weighted by molar-refractivity contribution is 5.96. The zero-order chi connectivity index (χ0) is 12.8. The number of nitrogens with zero attached hydrogens (tertiary/aromatic N) is 2. The molecule has 1 aromatic heterocycles. The number of likely N-dealkylation sites (N-methyl/N-ethyl adjacent to an activating group) is 1. The molecule has 0 bridgehead atoms. The maximum Gasteiger partial charge on any atom is 0.257 e. The lowest BCUT2D eigenvalue weighted by molar-refractivity contribution is 0.0379. The van der Waals surface area contributed by atoms with E-state index in [2.05, 4.69) is 4.98 Å². The number of ether oxygens (including phenoxy) is 1. The minimum Gasteiger partial charge on any atom is -0.505 e. The zero-order valence-corrected chi connectivity index (χ0v) is 9.83. The predicted octanol–water partition coefficient (Wildman–Crippen LogP) is -0.134. The van der Waals surface area contributed by atoms with Crippen LogP contribution >= 0.6 is 0 Å². The number of amides is 1. The lowest BCUT2D eigenvalue weighted by Gasteiger charge is -2.20. The van der Waals surface area contributed by atoms with Crippen LogP contribution in [0.15, 0.2) is 18.5 Å². The van der Waals surface area contributed by atoms with Gasteiger partial charge in [0.15, 0.2) is 0 Å². The summed E-state index contributed by atoms with van der Waals surface area (Å²) in [4.78, 5) is 16.9. The van der Waals surface area contributed by atoms with Crippen molar-refractivity contribution in [2.45, 2.75) is 6.10 Å². The second-order valence-electron chi connectivity index (χ2n) is 3.69. The third-order valence-electron chi connectivity index (χ3n) is 2.22. The Morgan fingerprint density at radius 2 is 2.35 bits per heavy atom. The summed E-state index contributed by atoms with van der Waals surface area (Å²) < 4.78 is 4.77. The van der Waals surface area contributed by atoms with Crippen LogP contribution in [-0.2, 0) is 4.74 Å². The minimum atomic E-state index is -0.752. The molecular weight excluding hydrogens is 224 g/mol. The van der Waals surface area contributed by atoms with Crippen LogP contribution in [0.4, 0.5) is 0 Å². The van der Waals surface area contributed by atoms with E-state index in [-0.39, 0.29) is 30.4 Å². The summed E-state index contributed by atoms with van der Waals surface area (Å²) in [5, 5.41) is 19.0. The first-order chi connectivity index (χ1) is 8.06. The molecule has 1 aromatic rings. The molecule has 6 heteroatoms. The number of methoxy groups -OCH3 is 1. The second kappa shape index (κ2) is 6.17. The van der Waals surface area contributed by atoms with Crippen molar-refractivity contribution >= 4 is 5.91 Å². The predicted molar refractivity (Wildman–Crippen MR) is 60.7 cm³/mol. The Bertz CT molecular complexity index is 383. The van der Waals surface area contributed by atoms with Gasteiger partial charge >= 0.3 is 0 Å². The standard InChI is InChI=1S/C11H16N2O4/c1-13(6-8(14)7-17-2)11(16)9-3-4-12-5-10(9)15/h3-5,8,14-15H,6-7H2,1-2H3. The van der Waals surface area contributed by atoms with E-state index in [0.717, 1.165) is 0 Å². The fraction of sp³-hybridized carbons (Fsp3) is 0.455. The molecule has 0 saturated heterocycles. The number of aliphatic hydroxyl groups excluding tert-OH is 1. The van der Waals surface area contributed by atoms with Gasteiger partial charge < -0.3 is 19.8 Å². The number of aromatic nitrogens is 1. The van der Waals surface area contributed by atoms with E-state index in [9.17, 15) is 15.0 Å². The van der Waals surface area contributed by atoms with Gasteiger partial charge in [-0.2, -0.15) is 0 Å². The summed E-state index contributed by atoms with van der Waals surface area (Å²) in [5.41, 5.74) is 0.159. The van der Waals surface area contributed by atoms with Gasteiger partial charge in [-0.3, -0.25) is 9.78 Å². The quantitative estimate of drug-likeness (QED) is 0.749. The SMILES string of the molecule is COCC(O)CN(C)C(=O)c1ccncc1O. The molecule has 1 rings (SSSR count). The van der Waals surface area contributed by atoms with Crippen LogP contribution in [0.25, 0.3) is 0 Å². The molecule has 1 heterocycles. The molecule has 1 atom stereocenters. The summed E-state index contributed by atoms with van der Waals surface area (Å²) in [7, 11) is 3.01. The third kappa shape index (κ3) is 3.69. The van der Waals surface area contributed by atoms with Gasteiger partial charge in [0.1, 0.15) is 5.75 Å². The number of carbonyl (C=O) groups is 1. The normalized spacial score (nSPS) is 12.2. The summed E-state index contributed by atoms with van der Waals surface area (Å²) in [6, 6.07) is 1.43. The van der Waals surface area contributed by atoms with E-state index >= 15 is 0 Å². The molecule has 0 spiro atoms. The summed E-state index contributed by atoms with van der Waals surface area (Å²) in [6.07, 6.45) is 1.87. The van der Waals surface area contributed by atoms with E-state index in [1.165, 1.54) is 30.5 Å². The van der Waals surface area contributed by atoms with Gasteiger partial charge in [0, 0.05) is 26.9 Å². The van der Waals surface area contributed by atoms with Gasteiger partial charge in [-0.1, -0.05) is 0 Å². The molecule has 94 valence electrons. The van der Waals surface area contributed by atoms with Crippen molar-refractivity contribution in [3.05, 3.63) is 24.0 Å². The van der Waals surface area contributed by atoms with Crippen molar-refractivity contribution in [3.8, 4) is 5.75 Å². The lowest BCUT2D eigenvalue weighted by Crippen LogP contribution is -2.36. The molecule has 17 heavy (non-hydrogen) atoms. The Morgan fingerprint density at radius 1 is 1.65 bits per heavy atom. The van der Waals surface area contributed by atoms with Crippen molar-refractivity contribution in [1.29, 1.82) is 0 Å². The molecular formula is C11H16N2O4. The van der Waals surface area contributed by atoms with Crippen LogP contribution in [0.2, 0.25) is 0 Å². The number of pyridine rings is 1. The molecule has 0 saturated carbocycles. The molecule has 0 aliphatic heterocycles. The fourth-order valence-electron chi connectivity index (χ4n) is 1.42. The van der Waals surface area contributed by atoms with Gasteiger partial charge in [-0.15, -0.1) is 0 Å². The molecule has 0 aromatic carbocycles. The summed E-state index contributed by atoms with van der Waals surface area (Å²) >= 11 is 0. The van der Waals surface area contributed by atoms with Crippen LogP contribution < -0.4 is 0 Å².